The van der Waals surface area contributed by atoms with E-state index in [1.807, 2.05) is 0 Å². The fourth-order valence-corrected chi connectivity index (χ4v) is 2.05. The van der Waals surface area contributed by atoms with Crippen LogP contribution in [0.3, 0.4) is 0 Å². The molecule has 0 aliphatic heterocycles. The fourth-order valence-electron chi connectivity index (χ4n) is 2.05. The number of carboxylic acids is 1. The molecular formula is C14H17N3O4. The van der Waals surface area contributed by atoms with Crippen molar-refractivity contribution in [1.29, 1.82) is 0 Å². The van der Waals surface area contributed by atoms with Crippen LogP contribution in [0.25, 0.3) is 0 Å². The molecule has 112 valence electrons. The summed E-state index contributed by atoms with van der Waals surface area (Å²) in [5.74, 6) is -0.980. The largest absolute Gasteiger partial charge is 0.508 e. The van der Waals surface area contributed by atoms with Crippen LogP contribution in [0.1, 0.15) is 11.3 Å². The first kappa shape index (κ1) is 14.9. The number of rotatable bonds is 7. The second-order valence-corrected chi connectivity index (χ2v) is 4.63. The third-order valence-electron chi connectivity index (χ3n) is 3.16. The van der Waals surface area contributed by atoms with E-state index in [0.717, 1.165) is 0 Å². The zero-order chi connectivity index (χ0) is 15.2. The molecule has 1 atom stereocenters. The van der Waals surface area contributed by atoms with Crippen LogP contribution >= 0.6 is 0 Å². The van der Waals surface area contributed by atoms with Crippen LogP contribution in [0.2, 0.25) is 0 Å². The zero-order valence-corrected chi connectivity index (χ0v) is 11.3. The predicted molar refractivity (Wildman–Crippen MR) is 75.2 cm³/mol. The molecule has 7 heteroatoms. The van der Waals surface area contributed by atoms with E-state index in [4.69, 9.17) is 0 Å². The maximum Gasteiger partial charge on any atom is 0.321 e. The maximum atomic E-state index is 11.2. The summed E-state index contributed by atoms with van der Waals surface area (Å²) in [4.78, 5) is 18.0. The Hall–Kier alpha value is -2.54. The van der Waals surface area contributed by atoms with Crippen molar-refractivity contribution in [3.05, 3.63) is 42.0 Å². The van der Waals surface area contributed by atoms with Crippen molar-refractivity contribution in [2.45, 2.75) is 18.9 Å². The molecule has 5 N–H and O–H groups in total. The third-order valence-corrected chi connectivity index (χ3v) is 3.16. The van der Waals surface area contributed by atoms with Gasteiger partial charge in [-0.1, -0.05) is 6.07 Å². The number of imidazole rings is 1. The van der Waals surface area contributed by atoms with Gasteiger partial charge in [0.25, 0.3) is 0 Å². The van der Waals surface area contributed by atoms with Gasteiger partial charge in [0.05, 0.1) is 12.0 Å². The van der Waals surface area contributed by atoms with Crippen molar-refractivity contribution in [2.75, 3.05) is 6.54 Å². The Labute approximate surface area is 121 Å². The van der Waals surface area contributed by atoms with E-state index >= 15 is 0 Å². The number of benzene rings is 1. The lowest BCUT2D eigenvalue weighted by Gasteiger charge is -2.14. The first-order valence-electron chi connectivity index (χ1n) is 6.51. The Bertz CT molecular complexity index is 578. The molecule has 1 aromatic heterocycles. The third kappa shape index (κ3) is 3.96. The topological polar surface area (TPSA) is 118 Å². The number of phenolic OH excluding ortho intramolecular Hbond substituents is 2. The summed E-state index contributed by atoms with van der Waals surface area (Å²) in [6, 6.07) is 3.72. The number of aliphatic carboxylic acids is 1. The molecule has 7 nitrogen and oxygen atoms in total. The molecule has 0 bridgehead atoms. The lowest BCUT2D eigenvalue weighted by molar-refractivity contribution is -0.139. The number of aromatic nitrogens is 2. The van der Waals surface area contributed by atoms with E-state index < -0.39 is 12.0 Å². The summed E-state index contributed by atoms with van der Waals surface area (Å²) in [6.07, 6.45) is 3.72. The molecule has 2 rings (SSSR count). The highest BCUT2D eigenvalue weighted by molar-refractivity contribution is 5.73. The summed E-state index contributed by atoms with van der Waals surface area (Å²) in [5.41, 5.74) is 1.05. The van der Waals surface area contributed by atoms with Gasteiger partial charge >= 0.3 is 5.97 Å². The first-order chi connectivity index (χ1) is 10.1. The highest BCUT2D eigenvalue weighted by Crippen LogP contribution is 2.26. The van der Waals surface area contributed by atoms with E-state index in [-0.39, 0.29) is 17.9 Å². The van der Waals surface area contributed by atoms with Gasteiger partial charge in [-0.3, -0.25) is 4.79 Å². The Balaban J connectivity index is 1.92. The van der Waals surface area contributed by atoms with Crippen molar-refractivity contribution < 1.29 is 20.1 Å². The quantitative estimate of drug-likeness (QED) is 0.511. The summed E-state index contributed by atoms with van der Waals surface area (Å²) >= 11 is 0. The molecule has 2 aromatic rings. The van der Waals surface area contributed by atoms with E-state index in [2.05, 4.69) is 15.3 Å². The molecule has 0 saturated heterocycles. The van der Waals surface area contributed by atoms with Crippen molar-refractivity contribution in [3.8, 4) is 11.5 Å². The van der Waals surface area contributed by atoms with E-state index in [9.17, 15) is 20.1 Å². The monoisotopic (exact) mass is 291 g/mol. The van der Waals surface area contributed by atoms with Gasteiger partial charge in [-0.2, -0.15) is 0 Å². The van der Waals surface area contributed by atoms with Crippen LogP contribution in [0, 0.1) is 0 Å². The summed E-state index contributed by atoms with van der Waals surface area (Å²) in [6.45, 7) is 0.312. The Kier molecular flexibility index (Phi) is 4.78. The minimum absolute atomic E-state index is 0.00373. The number of aromatic hydroxyl groups is 2. The van der Waals surface area contributed by atoms with Gasteiger partial charge in [0.15, 0.2) is 0 Å². The minimum atomic E-state index is -0.973. The summed E-state index contributed by atoms with van der Waals surface area (Å²) in [5, 5.41) is 31.4. The average Bonchev–Trinajstić information content (AvgIpc) is 2.93. The van der Waals surface area contributed by atoms with Crippen molar-refractivity contribution in [1.82, 2.24) is 15.3 Å². The standard InChI is InChI=1S/C14H17N3O4/c18-12-2-1-3-13(19)10(12)4-5-16-11(14(20)21)6-9-7-15-8-17-9/h1-3,7-8,11,16,18-19H,4-6H2,(H,15,17)(H,20,21)/t11-/m0/s1. The van der Waals surface area contributed by atoms with E-state index in [0.29, 0.717) is 24.2 Å². The Morgan fingerprint density at radius 1 is 1.33 bits per heavy atom. The molecular weight excluding hydrogens is 274 g/mol. The second kappa shape index (κ2) is 6.76. The summed E-state index contributed by atoms with van der Waals surface area (Å²) in [7, 11) is 0. The molecule has 0 radical (unpaired) electrons. The van der Waals surface area contributed by atoms with Crippen LogP contribution in [0.15, 0.2) is 30.7 Å². The molecule has 1 aromatic carbocycles. The van der Waals surface area contributed by atoms with Gasteiger partial charge in [-0.25, -0.2) is 4.98 Å². The first-order valence-corrected chi connectivity index (χ1v) is 6.51. The van der Waals surface area contributed by atoms with Crippen LogP contribution in [0.4, 0.5) is 0 Å². The van der Waals surface area contributed by atoms with Gasteiger partial charge in [0.2, 0.25) is 0 Å². The zero-order valence-electron chi connectivity index (χ0n) is 11.3. The average molecular weight is 291 g/mol. The predicted octanol–water partition coefficient (Wildman–Crippen LogP) is 0.649. The summed E-state index contributed by atoms with van der Waals surface area (Å²) < 4.78 is 0. The molecule has 21 heavy (non-hydrogen) atoms. The molecule has 0 unspecified atom stereocenters. The highest BCUT2D eigenvalue weighted by atomic mass is 16.4. The van der Waals surface area contributed by atoms with Crippen molar-refractivity contribution in [2.24, 2.45) is 0 Å². The molecule has 0 saturated carbocycles. The molecule has 1 heterocycles. The van der Waals surface area contributed by atoms with E-state index in [1.54, 1.807) is 12.3 Å². The number of phenols is 2. The van der Waals surface area contributed by atoms with Crippen molar-refractivity contribution >= 4 is 5.97 Å². The number of carbonyl (C=O) groups is 1. The molecule has 0 fully saturated rings. The van der Waals surface area contributed by atoms with Crippen molar-refractivity contribution in [3.63, 3.8) is 0 Å². The number of nitrogens with one attached hydrogen (secondary N) is 2. The van der Waals surface area contributed by atoms with Crippen LogP contribution in [0.5, 0.6) is 11.5 Å². The number of nitrogens with zero attached hydrogens (tertiary/aromatic N) is 1. The number of hydrogen-bond donors (Lipinski definition) is 5. The number of hydrogen-bond acceptors (Lipinski definition) is 5. The van der Waals surface area contributed by atoms with Crippen LogP contribution < -0.4 is 5.32 Å². The number of aromatic amines is 1. The van der Waals surface area contributed by atoms with E-state index in [1.165, 1.54) is 18.5 Å². The molecule has 0 spiro atoms. The smallest absolute Gasteiger partial charge is 0.321 e. The Morgan fingerprint density at radius 2 is 2.05 bits per heavy atom. The maximum absolute atomic E-state index is 11.2. The Morgan fingerprint density at radius 3 is 2.62 bits per heavy atom. The van der Waals surface area contributed by atoms with Gasteiger partial charge in [-0.05, 0) is 18.6 Å². The molecule has 0 amide bonds. The number of H-pyrrole nitrogens is 1. The number of carboxylic acid groups (broad SMARTS) is 1. The fraction of sp³-hybridized carbons (Fsp3) is 0.286. The molecule has 0 aliphatic rings. The van der Waals surface area contributed by atoms with Gasteiger partial charge in [-0.15, -0.1) is 0 Å². The highest BCUT2D eigenvalue weighted by Gasteiger charge is 2.18. The second-order valence-electron chi connectivity index (χ2n) is 4.63. The lowest BCUT2D eigenvalue weighted by atomic mass is 10.1. The minimum Gasteiger partial charge on any atom is -0.508 e. The van der Waals surface area contributed by atoms with Crippen LogP contribution in [-0.4, -0.2) is 43.8 Å². The van der Waals surface area contributed by atoms with Gasteiger partial charge in [0, 0.05) is 24.7 Å². The van der Waals surface area contributed by atoms with Gasteiger partial charge < -0.3 is 25.6 Å². The van der Waals surface area contributed by atoms with Crippen LogP contribution in [-0.2, 0) is 17.6 Å². The SMILES string of the molecule is O=C(O)[C@H](Cc1c[nH]cn1)NCCc1c(O)cccc1O. The normalized spacial score (nSPS) is 12.2. The van der Waals surface area contributed by atoms with Gasteiger partial charge in [0.1, 0.15) is 17.5 Å². The molecule has 0 aliphatic carbocycles. The lowest BCUT2D eigenvalue weighted by Crippen LogP contribution is -2.39.